The van der Waals surface area contributed by atoms with Gasteiger partial charge in [-0.05, 0) is 43.2 Å². The first kappa shape index (κ1) is 15.0. The molecule has 0 bridgehead atoms. The van der Waals surface area contributed by atoms with Gasteiger partial charge in [0.2, 0.25) is 0 Å². The van der Waals surface area contributed by atoms with Crippen molar-refractivity contribution in [2.75, 3.05) is 10.6 Å². The number of hydrogen-bond donors (Lipinski definition) is 2. The quantitative estimate of drug-likeness (QED) is 0.838. The fourth-order valence-corrected chi connectivity index (χ4v) is 1.81. The van der Waals surface area contributed by atoms with Crippen LogP contribution in [-0.2, 0) is 9.59 Å². The van der Waals surface area contributed by atoms with Gasteiger partial charge in [-0.3, -0.25) is 9.59 Å². The summed E-state index contributed by atoms with van der Waals surface area (Å²) in [6, 6.07) is 8.51. The van der Waals surface area contributed by atoms with Crippen molar-refractivity contribution < 1.29 is 9.59 Å². The minimum absolute atomic E-state index is 0.323. The van der Waals surface area contributed by atoms with Crippen molar-refractivity contribution in [3.63, 3.8) is 0 Å². The number of rotatable bonds is 2. The lowest BCUT2D eigenvalue weighted by Gasteiger charge is -2.09. The molecular weight excluding hydrogens is 290 g/mol. The van der Waals surface area contributed by atoms with Gasteiger partial charge in [0.1, 0.15) is 5.82 Å². The number of aromatic nitrogens is 1. The molecular formula is C15H14ClN3O2. The van der Waals surface area contributed by atoms with Crippen molar-refractivity contribution in [2.24, 2.45) is 0 Å². The Hall–Kier alpha value is -2.40. The highest BCUT2D eigenvalue weighted by atomic mass is 35.5. The summed E-state index contributed by atoms with van der Waals surface area (Å²) in [6.07, 6.45) is 1.61. The number of nitrogens with one attached hydrogen (secondary N) is 2. The zero-order valence-electron chi connectivity index (χ0n) is 11.6. The maximum absolute atomic E-state index is 11.9. The van der Waals surface area contributed by atoms with E-state index in [1.165, 1.54) is 0 Å². The van der Waals surface area contributed by atoms with Crippen molar-refractivity contribution in [1.29, 1.82) is 0 Å². The Bertz CT molecular complexity index is 684. The van der Waals surface area contributed by atoms with E-state index in [-0.39, 0.29) is 0 Å². The first-order valence-corrected chi connectivity index (χ1v) is 6.65. The van der Waals surface area contributed by atoms with Crippen LogP contribution in [0.15, 0.2) is 36.5 Å². The molecule has 0 aliphatic heterocycles. The first-order chi connectivity index (χ1) is 9.97. The number of carbonyl (C=O) groups is 2. The SMILES string of the molecule is Cc1ccc(NC(=O)C(=O)Nc2cccc(Cl)c2C)nc1. The minimum atomic E-state index is -0.786. The number of aryl methyl sites for hydroxylation is 1. The summed E-state index contributed by atoms with van der Waals surface area (Å²) in [5.74, 6) is -1.24. The molecule has 0 aliphatic rings. The molecule has 2 rings (SSSR count). The smallest absolute Gasteiger partial charge is 0.315 e. The van der Waals surface area contributed by atoms with Gasteiger partial charge in [-0.15, -0.1) is 0 Å². The average molecular weight is 304 g/mol. The van der Waals surface area contributed by atoms with Gasteiger partial charge in [-0.25, -0.2) is 4.98 Å². The fourth-order valence-electron chi connectivity index (χ4n) is 1.64. The van der Waals surface area contributed by atoms with Crippen molar-refractivity contribution in [3.05, 3.63) is 52.7 Å². The molecule has 1 aromatic carbocycles. The number of hydrogen-bond acceptors (Lipinski definition) is 3. The Kier molecular flexibility index (Phi) is 4.55. The van der Waals surface area contributed by atoms with E-state index in [0.717, 1.165) is 5.56 Å². The largest absolute Gasteiger partial charge is 0.317 e. The van der Waals surface area contributed by atoms with E-state index in [9.17, 15) is 9.59 Å². The number of pyridine rings is 1. The van der Waals surface area contributed by atoms with E-state index in [1.54, 1.807) is 43.5 Å². The summed E-state index contributed by atoms with van der Waals surface area (Å²) in [6.45, 7) is 3.64. The molecule has 0 aliphatic carbocycles. The summed E-state index contributed by atoms with van der Waals surface area (Å²) >= 11 is 5.96. The lowest BCUT2D eigenvalue weighted by atomic mass is 10.2. The van der Waals surface area contributed by atoms with Crippen LogP contribution >= 0.6 is 11.6 Å². The van der Waals surface area contributed by atoms with Crippen LogP contribution in [0.4, 0.5) is 11.5 Å². The third kappa shape index (κ3) is 3.79. The Morgan fingerprint density at radius 2 is 1.76 bits per heavy atom. The third-order valence-electron chi connectivity index (χ3n) is 2.88. The molecule has 0 saturated carbocycles. The van der Waals surface area contributed by atoms with Crippen LogP contribution in [0, 0.1) is 13.8 Å². The maximum Gasteiger partial charge on any atom is 0.315 e. The van der Waals surface area contributed by atoms with Crippen molar-refractivity contribution in [2.45, 2.75) is 13.8 Å². The van der Waals surface area contributed by atoms with E-state index >= 15 is 0 Å². The molecule has 0 fully saturated rings. The molecule has 0 saturated heterocycles. The molecule has 1 heterocycles. The van der Waals surface area contributed by atoms with Gasteiger partial charge >= 0.3 is 11.8 Å². The number of amides is 2. The Labute approximate surface area is 127 Å². The predicted molar refractivity (Wildman–Crippen MR) is 82.4 cm³/mol. The molecule has 2 amide bonds. The third-order valence-corrected chi connectivity index (χ3v) is 3.28. The van der Waals surface area contributed by atoms with Crippen LogP contribution in [0.1, 0.15) is 11.1 Å². The minimum Gasteiger partial charge on any atom is -0.317 e. The summed E-state index contributed by atoms with van der Waals surface area (Å²) in [5, 5.41) is 5.47. The molecule has 0 unspecified atom stereocenters. The van der Waals surface area contributed by atoms with Gasteiger partial charge in [0, 0.05) is 16.9 Å². The molecule has 1 aromatic heterocycles. The molecule has 6 heteroatoms. The second-order valence-electron chi connectivity index (χ2n) is 4.54. The topological polar surface area (TPSA) is 71.1 Å². The van der Waals surface area contributed by atoms with Crippen molar-refractivity contribution >= 4 is 34.9 Å². The van der Waals surface area contributed by atoms with Crippen LogP contribution < -0.4 is 10.6 Å². The second-order valence-corrected chi connectivity index (χ2v) is 4.95. The second kappa shape index (κ2) is 6.37. The average Bonchev–Trinajstić information content (AvgIpc) is 2.46. The molecule has 2 N–H and O–H groups in total. The number of anilines is 2. The van der Waals surface area contributed by atoms with Gasteiger partial charge in [-0.1, -0.05) is 23.7 Å². The van der Waals surface area contributed by atoms with E-state index in [0.29, 0.717) is 22.1 Å². The lowest BCUT2D eigenvalue weighted by molar-refractivity contribution is -0.133. The van der Waals surface area contributed by atoms with E-state index in [2.05, 4.69) is 15.6 Å². The van der Waals surface area contributed by atoms with Crippen LogP contribution in [0.2, 0.25) is 5.02 Å². The molecule has 21 heavy (non-hydrogen) atoms. The van der Waals surface area contributed by atoms with E-state index in [1.807, 2.05) is 6.92 Å². The van der Waals surface area contributed by atoms with Gasteiger partial charge in [0.05, 0.1) is 0 Å². The van der Waals surface area contributed by atoms with Crippen LogP contribution in [-0.4, -0.2) is 16.8 Å². The monoisotopic (exact) mass is 303 g/mol. The van der Waals surface area contributed by atoms with Crippen molar-refractivity contribution in [1.82, 2.24) is 4.98 Å². The Balaban J connectivity index is 2.04. The first-order valence-electron chi connectivity index (χ1n) is 6.27. The molecule has 0 atom stereocenters. The lowest BCUT2D eigenvalue weighted by Crippen LogP contribution is -2.29. The predicted octanol–water partition coefficient (Wildman–Crippen LogP) is 2.93. The van der Waals surface area contributed by atoms with Gasteiger partial charge < -0.3 is 10.6 Å². The maximum atomic E-state index is 11.9. The Morgan fingerprint density at radius 1 is 1.05 bits per heavy atom. The van der Waals surface area contributed by atoms with Crippen LogP contribution in [0.25, 0.3) is 0 Å². The molecule has 108 valence electrons. The van der Waals surface area contributed by atoms with E-state index < -0.39 is 11.8 Å². The highest BCUT2D eigenvalue weighted by molar-refractivity contribution is 6.43. The highest BCUT2D eigenvalue weighted by Gasteiger charge is 2.15. The van der Waals surface area contributed by atoms with Crippen molar-refractivity contribution in [3.8, 4) is 0 Å². The number of halogens is 1. The summed E-state index contributed by atoms with van der Waals surface area (Å²) in [7, 11) is 0. The zero-order chi connectivity index (χ0) is 15.4. The Morgan fingerprint density at radius 3 is 2.43 bits per heavy atom. The fraction of sp³-hybridized carbons (Fsp3) is 0.133. The molecule has 5 nitrogen and oxygen atoms in total. The number of carbonyl (C=O) groups excluding carboxylic acids is 2. The van der Waals surface area contributed by atoms with Crippen LogP contribution in [0.3, 0.4) is 0 Å². The normalized spacial score (nSPS) is 10.0. The number of benzene rings is 1. The summed E-state index contributed by atoms with van der Waals surface area (Å²) in [5.41, 5.74) is 2.17. The molecule has 2 aromatic rings. The standard InChI is InChI=1S/C15H14ClN3O2/c1-9-6-7-13(17-8-9)19-15(21)14(20)18-12-5-3-4-11(16)10(12)2/h3-8H,1-2H3,(H,18,20)(H,17,19,21). The van der Waals surface area contributed by atoms with Gasteiger partial charge in [-0.2, -0.15) is 0 Å². The van der Waals surface area contributed by atoms with E-state index in [4.69, 9.17) is 11.6 Å². The van der Waals surface area contributed by atoms with Crippen LogP contribution in [0.5, 0.6) is 0 Å². The zero-order valence-corrected chi connectivity index (χ0v) is 12.4. The summed E-state index contributed by atoms with van der Waals surface area (Å²) < 4.78 is 0. The highest BCUT2D eigenvalue weighted by Crippen LogP contribution is 2.22. The molecule has 0 radical (unpaired) electrons. The van der Waals surface area contributed by atoms with Gasteiger partial charge in [0.15, 0.2) is 0 Å². The summed E-state index contributed by atoms with van der Waals surface area (Å²) in [4.78, 5) is 27.7. The molecule has 0 spiro atoms. The number of nitrogens with zero attached hydrogens (tertiary/aromatic N) is 1. The van der Waals surface area contributed by atoms with Gasteiger partial charge in [0.25, 0.3) is 0 Å².